The first kappa shape index (κ1) is 40.8. The van der Waals surface area contributed by atoms with Crippen LogP contribution in [0.1, 0.15) is 105 Å². The second-order valence-corrected chi connectivity index (χ2v) is 16.1. The van der Waals surface area contributed by atoms with E-state index >= 15 is 0 Å². The lowest BCUT2D eigenvalue weighted by Gasteiger charge is -2.39. The fourth-order valence-electron chi connectivity index (χ4n) is 7.95. The molecular formula is C40H62N8O4. The Kier molecular flexibility index (Phi) is 15.0. The summed E-state index contributed by atoms with van der Waals surface area (Å²) in [5.41, 5.74) is 17.0. The molecule has 0 saturated carbocycles. The number of esters is 2. The van der Waals surface area contributed by atoms with Gasteiger partial charge in [-0.2, -0.15) is 10.5 Å². The molecule has 0 unspecified atom stereocenters. The molecule has 286 valence electrons. The minimum atomic E-state index is -0.595. The van der Waals surface area contributed by atoms with Gasteiger partial charge in [-0.05, 0) is 87.9 Å². The summed E-state index contributed by atoms with van der Waals surface area (Å²) in [6.07, 6.45) is 10.2. The molecule has 0 bridgehead atoms. The number of carbonyl (C=O) groups excluding carboxylic acids is 2. The molecule has 2 aliphatic carbocycles. The highest BCUT2D eigenvalue weighted by molar-refractivity contribution is 5.95. The minimum absolute atomic E-state index is 0.0588. The number of rotatable bonds is 17. The summed E-state index contributed by atoms with van der Waals surface area (Å²) >= 11 is 0. The zero-order chi connectivity index (χ0) is 37.7. The van der Waals surface area contributed by atoms with Gasteiger partial charge >= 0.3 is 11.9 Å². The molecule has 0 amide bonds. The molecule has 0 aromatic heterocycles. The van der Waals surface area contributed by atoms with E-state index in [0.29, 0.717) is 51.9 Å². The summed E-state index contributed by atoms with van der Waals surface area (Å²) in [6.45, 7) is 15.0. The third-order valence-electron chi connectivity index (χ3n) is 10.4. The monoisotopic (exact) mass is 718 g/mol. The summed E-state index contributed by atoms with van der Waals surface area (Å²) < 4.78 is 11.3. The molecule has 0 aromatic rings. The van der Waals surface area contributed by atoms with Crippen LogP contribution in [0.4, 0.5) is 0 Å². The van der Waals surface area contributed by atoms with Gasteiger partial charge < -0.3 is 41.4 Å². The minimum Gasteiger partial charge on any atom is -0.462 e. The maximum atomic E-state index is 13.3. The topological polar surface area (TPSA) is 183 Å². The Morgan fingerprint density at radius 1 is 0.654 bits per heavy atom. The van der Waals surface area contributed by atoms with Crippen LogP contribution in [-0.4, -0.2) is 87.3 Å². The Hall–Kier alpha value is -4.00. The molecule has 52 heavy (non-hydrogen) atoms. The number of nitriles is 2. The van der Waals surface area contributed by atoms with Crippen molar-refractivity contribution in [1.82, 2.24) is 20.4 Å². The van der Waals surface area contributed by atoms with Gasteiger partial charge in [-0.3, -0.25) is 0 Å². The second kappa shape index (κ2) is 19.2. The number of carbonyl (C=O) groups is 2. The zero-order valence-corrected chi connectivity index (χ0v) is 32.1. The molecule has 0 spiro atoms. The number of nitrogens with zero attached hydrogens (tertiary/aromatic N) is 4. The van der Waals surface area contributed by atoms with Gasteiger partial charge in [0.25, 0.3) is 0 Å². The molecule has 6 N–H and O–H groups in total. The number of hydrogen-bond acceptors (Lipinski definition) is 12. The zero-order valence-electron chi connectivity index (χ0n) is 32.1. The summed E-state index contributed by atoms with van der Waals surface area (Å²) in [4.78, 5) is 31.3. The molecular weight excluding hydrogens is 656 g/mol. The molecule has 4 aliphatic rings. The van der Waals surface area contributed by atoms with Crippen LogP contribution in [0, 0.1) is 33.5 Å². The SMILES string of the molecule is CC1(C)CC(N2CCCC2)=C(NCCN)/C(=C(\C#N)C(=O)OCCCCCCOC(=O)/C(C#N)=C2\CC(C)(C)CC(N3CCCC3)=C2NCCN)C1. The van der Waals surface area contributed by atoms with Crippen LogP contribution in [0.25, 0.3) is 0 Å². The van der Waals surface area contributed by atoms with E-state index in [1.165, 1.54) is 0 Å². The molecule has 4 rings (SSSR count). The molecule has 2 heterocycles. The van der Waals surface area contributed by atoms with E-state index in [0.717, 1.165) is 111 Å². The predicted octanol–water partition coefficient (Wildman–Crippen LogP) is 4.62. The summed E-state index contributed by atoms with van der Waals surface area (Å²) in [5.74, 6) is -1.19. The first-order valence-corrected chi connectivity index (χ1v) is 19.4. The molecule has 12 heteroatoms. The molecule has 0 aromatic carbocycles. The van der Waals surface area contributed by atoms with Gasteiger partial charge in [-0.15, -0.1) is 0 Å². The third-order valence-corrected chi connectivity index (χ3v) is 10.4. The van der Waals surface area contributed by atoms with Crippen molar-refractivity contribution in [3.63, 3.8) is 0 Å². The first-order chi connectivity index (χ1) is 24.9. The highest BCUT2D eigenvalue weighted by Gasteiger charge is 2.38. The van der Waals surface area contributed by atoms with Crippen molar-refractivity contribution in [2.45, 2.75) is 105 Å². The Labute approximate surface area is 311 Å². The Morgan fingerprint density at radius 3 is 1.35 bits per heavy atom. The van der Waals surface area contributed by atoms with Crippen LogP contribution in [-0.2, 0) is 19.1 Å². The number of nitrogens with two attached hydrogens (primary N) is 2. The van der Waals surface area contributed by atoms with Gasteiger partial charge in [0.15, 0.2) is 0 Å². The lowest BCUT2D eigenvalue weighted by molar-refractivity contribution is -0.140. The Bertz CT molecular complexity index is 1390. The average molecular weight is 719 g/mol. The number of unbranched alkanes of at least 4 members (excludes halogenated alkanes) is 3. The smallest absolute Gasteiger partial charge is 0.349 e. The highest BCUT2D eigenvalue weighted by atomic mass is 16.5. The number of likely N-dealkylation sites (tertiary alicyclic amines) is 2. The summed E-state index contributed by atoms with van der Waals surface area (Å²) in [6, 6.07) is 4.34. The highest BCUT2D eigenvalue weighted by Crippen LogP contribution is 2.45. The van der Waals surface area contributed by atoms with Crippen molar-refractivity contribution in [3.8, 4) is 12.1 Å². The molecule has 2 fully saturated rings. The van der Waals surface area contributed by atoms with Gasteiger partial charge in [-0.1, -0.05) is 27.7 Å². The quantitative estimate of drug-likeness (QED) is 0.0710. The largest absolute Gasteiger partial charge is 0.462 e. The molecule has 0 atom stereocenters. The Balaban J connectivity index is 1.32. The van der Waals surface area contributed by atoms with E-state index < -0.39 is 11.9 Å². The summed E-state index contributed by atoms with van der Waals surface area (Å²) in [7, 11) is 0. The van der Waals surface area contributed by atoms with Crippen LogP contribution < -0.4 is 22.1 Å². The van der Waals surface area contributed by atoms with E-state index in [9.17, 15) is 20.1 Å². The molecule has 2 saturated heterocycles. The van der Waals surface area contributed by atoms with Gasteiger partial charge in [0.1, 0.15) is 23.3 Å². The maximum Gasteiger partial charge on any atom is 0.349 e. The van der Waals surface area contributed by atoms with Crippen LogP contribution in [0.5, 0.6) is 0 Å². The second-order valence-electron chi connectivity index (χ2n) is 16.1. The van der Waals surface area contributed by atoms with Crippen molar-refractivity contribution in [1.29, 1.82) is 10.5 Å². The van der Waals surface area contributed by atoms with Crippen molar-refractivity contribution >= 4 is 11.9 Å². The molecule has 0 radical (unpaired) electrons. The van der Waals surface area contributed by atoms with E-state index in [-0.39, 0.29) is 35.2 Å². The molecule has 12 nitrogen and oxygen atoms in total. The fraction of sp³-hybridized carbons (Fsp3) is 0.700. The maximum absolute atomic E-state index is 13.3. The van der Waals surface area contributed by atoms with Crippen LogP contribution in [0.3, 0.4) is 0 Å². The third kappa shape index (κ3) is 10.8. The normalized spacial score (nSPS) is 21.8. The van der Waals surface area contributed by atoms with Crippen LogP contribution in [0.15, 0.2) is 45.1 Å². The average Bonchev–Trinajstić information content (AvgIpc) is 3.84. The van der Waals surface area contributed by atoms with Crippen molar-refractivity contribution in [2.24, 2.45) is 22.3 Å². The first-order valence-electron chi connectivity index (χ1n) is 19.4. The van der Waals surface area contributed by atoms with Gasteiger partial charge in [-0.25, -0.2) is 9.59 Å². The van der Waals surface area contributed by atoms with E-state index in [4.69, 9.17) is 20.9 Å². The number of allylic oxidation sites excluding steroid dienone is 4. The van der Waals surface area contributed by atoms with Crippen molar-refractivity contribution in [3.05, 3.63) is 45.1 Å². The van der Waals surface area contributed by atoms with E-state index in [2.05, 4.69) is 60.3 Å². The standard InChI is InChI=1S/C40H62N8O4/c1-39(2)23-29(35(45-15-13-41)33(25-39)47-17-7-8-18-47)31(27-43)37(49)51-21-11-5-6-12-22-52-38(50)32(28-44)30-24-40(3,4)26-34(36(30)46-16-14-42)48-19-9-10-20-48/h45-46H,5-26,41-42H2,1-4H3/b31-29+,32-30+. The fourth-order valence-corrected chi connectivity index (χ4v) is 7.95. The van der Waals surface area contributed by atoms with Gasteiger partial charge in [0.2, 0.25) is 0 Å². The number of nitrogens with one attached hydrogen (secondary N) is 2. The van der Waals surface area contributed by atoms with Crippen molar-refractivity contribution in [2.75, 3.05) is 65.6 Å². The predicted molar refractivity (Wildman–Crippen MR) is 201 cm³/mol. The van der Waals surface area contributed by atoms with Gasteiger partial charge in [0.05, 0.1) is 24.6 Å². The summed E-state index contributed by atoms with van der Waals surface area (Å²) in [5, 5.41) is 27.2. The lowest BCUT2D eigenvalue weighted by Crippen LogP contribution is -2.36. The molecule has 2 aliphatic heterocycles. The van der Waals surface area contributed by atoms with Crippen LogP contribution >= 0.6 is 0 Å². The van der Waals surface area contributed by atoms with E-state index in [1.54, 1.807) is 0 Å². The number of hydrogen-bond donors (Lipinski definition) is 4. The number of ether oxygens (including phenoxy) is 2. The van der Waals surface area contributed by atoms with Crippen LogP contribution in [0.2, 0.25) is 0 Å². The van der Waals surface area contributed by atoms with Crippen molar-refractivity contribution < 1.29 is 19.1 Å². The lowest BCUT2D eigenvalue weighted by atomic mass is 9.74. The Morgan fingerprint density at radius 2 is 1.02 bits per heavy atom. The van der Waals surface area contributed by atoms with E-state index in [1.807, 2.05) is 0 Å². The van der Waals surface area contributed by atoms with Gasteiger partial charge in [0, 0.05) is 74.9 Å².